The van der Waals surface area contributed by atoms with E-state index in [4.69, 9.17) is 27.9 Å². The monoisotopic (exact) mass is 261 g/mol. The summed E-state index contributed by atoms with van der Waals surface area (Å²) in [6.45, 7) is 0.750. The number of ether oxygens (including phenoxy) is 1. The van der Waals surface area contributed by atoms with Crippen molar-refractivity contribution < 1.29 is 4.74 Å². The predicted molar refractivity (Wildman–Crippen MR) is 69.4 cm³/mol. The lowest BCUT2D eigenvalue weighted by molar-refractivity contribution is 0.189. The maximum atomic E-state index is 6.16. The number of hydrogen-bond donors (Lipinski definition) is 1. The molecule has 0 amide bonds. The maximum Gasteiger partial charge on any atom is 0.0468 e. The SMILES string of the molecule is CNC(CCCOC)c1c(Cl)cccc1Cl. The molecule has 0 saturated carbocycles. The van der Waals surface area contributed by atoms with Gasteiger partial charge in [0.1, 0.15) is 0 Å². The van der Waals surface area contributed by atoms with E-state index in [1.165, 1.54) is 0 Å². The van der Waals surface area contributed by atoms with Crippen molar-refractivity contribution in [3.63, 3.8) is 0 Å². The molecule has 4 heteroatoms. The van der Waals surface area contributed by atoms with Crippen molar-refractivity contribution in [2.75, 3.05) is 20.8 Å². The summed E-state index contributed by atoms with van der Waals surface area (Å²) >= 11 is 12.3. The molecule has 1 unspecified atom stereocenters. The van der Waals surface area contributed by atoms with Crippen molar-refractivity contribution in [2.45, 2.75) is 18.9 Å². The smallest absolute Gasteiger partial charge is 0.0468 e. The molecule has 2 nitrogen and oxygen atoms in total. The van der Waals surface area contributed by atoms with Crippen LogP contribution in [0.15, 0.2) is 18.2 Å². The first kappa shape index (κ1) is 13.8. The maximum absolute atomic E-state index is 6.16. The molecule has 0 aliphatic rings. The summed E-state index contributed by atoms with van der Waals surface area (Å²) < 4.78 is 5.04. The Morgan fingerprint density at radius 2 is 1.94 bits per heavy atom. The summed E-state index contributed by atoms with van der Waals surface area (Å²) in [6, 6.07) is 5.76. The van der Waals surface area contributed by atoms with E-state index in [9.17, 15) is 0 Å². The largest absolute Gasteiger partial charge is 0.385 e. The first-order chi connectivity index (χ1) is 7.70. The molecule has 1 N–H and O–H groups in total. The van der Waals surface area contributed by atoms with Gasteiger partial charge in [-0.15, -0.1) is 0 Å². The second-order valence-corrected chi connectivity index (χ2v) is 4.43. The van der Waals surface area contributed by atoms with Gasteiger partial charge in [0.15, 0.2) is 0 Å². The van der Waals surface area contributed by atoms with Crippen LogP contribution < -0.4 is 5.32 Å². The van der Waals surface area contributed by atoms with Gasteiger partial charge in [0.05, 0.1) is 0 Å². The highest BCUT2D eigenvalue weighted by Gasteiger charge is 2.15. The van der Waals surface area contributed by atoms with Crippen LogP contribution in [0.5, 0.6) is 0 Å². The standard InChI is InChI=1S/C12H17Cl2NO/c1-15-11(7-4-8-16-2)12-9(13)5-3-6-10(12)14/h3,5-6,11,15H,4,7-8H2,1-2H3. The van der Waals surface area contributed by atoms with Crippen LogP contribution in [0.4, 0.5) is 0 Å². The summed E-state index contributed by atoms with van der Waals surface area (Å²) in [5.41, 5.74) is 0.976. The van der Waals surface area contributed by atoms with Crippen LogP contribution in [-0.4, -0.2) is 20.8 Å². The molecule has 90 valence electrons. The van der Waals surface area contributed by atoms with E-state index in [0.29, 0.717) is 10.0 Å². The van der Waals surface area contributed by atoms with Gasteiger partial charge in [-0.25, -0.2) is 0 Å². The number of nitrogens with one attached hydrogen (secondary N) is 1. The van der Waals surface area contributed by atoms with Gasteiger partial charge in [0.25, 0.3) is 0 Å². The third kappa shape index (κ3) is 3.63. The molecule has 0 bridgehead atoms. The normalized spacial score (nSPS) is 12.8. The van der Waals surface area contributed by atoms with Crippen molar-refractivity contribution in [2.24, 2.45) is 0 Å². The zero-order valence-electron chi connectivity index (χ0n) is 9.59. The van der Waals surface area contributed by atoms with Crippen molar-refractivity contribution >= 4 is 23.2 Å². The molecule has 16 heavy (non-hydrogen) atoms. The Labute approximate surface area is 107 Å². The quantitative estimate of drug-likeness (QED) is 0.789. The molecule has 0 spiro atoms. The van der Waals surface area contributed by atoms with E-state index in [0.717, 1.165) is 25.0 Å². The lowest BCUT2D eigenvalue weighted by atomic mass is 10.0. The number of hydrogen-bond acceptors (Lipinski definition) is 2. The number of benzene rings is 1. The van der Waals surface area contributed by atoms with E-state index in [-0.39, 0.29) is 6.04 Å². The van der Waals surface area contributed by atoms with Gasteiger partial charge >= 0.3 is 0 Å². The third-order valence-electron chi connectivity index (χ3n) is 2.54. The van der Waals surface area contributed by atoms with E-state index < -0.39 is 0 Å². The molecule has 0 aliphatic heterocycles. The Morgan fingerprint density at radius 3 is 2.44 bits per heavy atom. The minimum absolute atomic E-state index is 0.177. The lowest BCUT2D eigenvalue weighted by Crippen LogP contribution is -2.17. The molecule has 1 aromatic rings. The van der Waals surface area contributed by atoms with Crippen molar-refractivity contribution in [3.05, 3.63) is 33.8 Å². The van der Waals surface area contributed by atoms with Gasteiger partial charge in [-0.3, -0.25) is 0 Å². The second kappa shape index (κ2) is 7.13. The Balaban J connectivity index is 2.78. The van der Waals surface area contributed by atoms with E-state index in [1.807, 2.05) is 25.2 Å². The van der Waals surface area contributed by atoms with Crippen LogP contribution in [-0.2, 0) is 4.74 Å². The molecule has 0 heterocycles. The molecule has 0 aromatic heterocycles. The molecule has 1 aromatic carbocycles. The molecular weight excluding hydrogens is 245 g/mol. The van der Waals surface area contributed by atoms with Gasteiger partial charge in [0, 0.05) is 35.4 Å². The highest BCUT2D eigenvalue weighted by atomic mass is 35.5. The van der Waals surface area contributed by atoms with Crippen LogP contribution in [0.2, 0.25) is 10.0 Å². The van der Waals surface area contributed by atoms with Crippen molar-refractivity contribution in [3.8, 4) is 0 Å². The van der Waals surface area contributed by atoms with Crippen LogP contribution in [0.3, 0.4) is 0 Å². The van der Waals surface area contributed by atoms with E-state index in [1.54, 1.807) is 7.11 Å². The number of methoxy groups -OCH3 is 1. The molecule has 1 rings (SSSR count). The lowest BCUT2D eigenvalue weighted by Gasteiger charge is -2.19. The van der Waals surface area contributed by atoms with E-state index in [2.05, 4.69) is 5.32 Å². The predicted octanol–water partition coefficient (Wildman–Crippen LogP) is 3.68. The van der Waals surface area contributed by atoms with E-state index >= 15 is 0 Å². The highest BCUT2D eigenvalue weighted by molar-refractivity contribution is 6.36. The molecular formula is C12H17Cl2NO. The Bertz CT molecular complexity index is 311. The van der Waals surface area contributed by atoms with Gasteiger partial charge in [-0.2, -0.15) is 0 Å². The fraction of sp³-hybridized carbons (Fsp3) is 0.500. The number of rotatable bonds is 6. The van der Waals surface area contributed by atoms with Crippen molar-refractivity contribution in [1.82, 2.24) is 5.32 Å². The Morgan fingerprint density at radius 1 is 1.31 bits per heavy atom. The van der Waals surface area contributed by atoms with Gasteiger partial charge < -0.3 is 10.1 Å². The first-order valence-electron chi connectivity index (χ1n) is 5.30. The Kier molecular flexibility index (Phi) is 6.14. The summed E-state index contributed by atoms with van der Waals surface area (Å²) in [4.78, 5) is 0. The fourth-order valence-electron chi connectivity index (χ4n) is 1.71. The molecule has 0 aliphatic carbocycles. The van der Waals surface area contributed by atoms with Crippen LogP contribution in [0.25, 0.3) is 0 Å². The zero-order valence-corrected chi connectivity index (χ0v) is 11.1. The van der Waals surface area contributed by atoms with Crippen LogP contribution in [0.1, 0.15) is 24.4 Å². The minimum atomic E-state index is 0.177. The summed E-state index contributed by atoms with van der Waals surface area (Å²) in [5, 5.41) is 4.66. The average Bonchev–Trinajstić information content (AvgIpc) is 2.26. The number of halogens is 2. The van der Waals surface area contributed by atoms with Crippen molar-refractivity contribution in [1.29, 1.82) is 0 Å². The van der Waals surface area contributed by atoms with Gasteiger partial charge in [-0.1, -0.05) is 29.3 Å². The average molecular weight is 262 g/mol. The molecule has 0 fully saturated rings. The van der Waals surface area contributed by atoms with Gasteiger partial charge in [0.2, 0.25) is 0 Å². The van der Waals surface area contributed by atoms with Gasteiger partial charge in [-0.05, 0) is 32.0 Å². The second-order valence-electron chi connectivity index (χ2n) is 3.61. The summed E-state index contributed by atoms with van der Waals surface area (Å²) in [5.74, 6) is 0. The minimum Gasteiger partial charge on any atom is -0.385 e. The summed E-state index contributed by atoms with van der Waals surface area (Å²) in [6.07, 6.45) is 1.93. The Hall–Kier alpha value is -0.280. The summed E-state index contributed by atoms with van der Waals surface area (Å²) in [7, 11) is 3.62. The highest BCUT2D eigenvalue weighted by Crippen LogP contribution is 2.32. The third-order valence-corrected chi connectivity index (χ3v) is 3.20. The molecule has 0 radical (unpaired) electrons. The first-order valence-corrected chi connectivity index (χ1v) is 6.06. The topological polar surface area (TPSA) is 21.3 Å². The molecule has 1 atom stereocenters. The zero-order chi connectivity index (χ0) is 12.0. The van der Waals surface area contributed by atoms with Crippen LogP contribution >= 0.6 is 23.2 Å². The molecule has 0 saturated heterocycles. The van der Waals surface area contributed by atoms with Crippen LogP contribution in [0, 0.1) is 0 Å². The fourth-order valence-corrected chi connectivity index (χ4v) is 2.37.